The van der Waals surface area contributed by atoms with Crippen LogP contribution >= 0.6 is 11.9 Å². The van der Waals surface area contributed by atoms with Gasteiger partial charge < -0.3 is 20.0 Å². The number of carbonyl (C=O) groups excluding carboxylic acids is 1. The van der Waals surface area contributed by atoms with Gasteiger partial charge in [-0.2, -0.15) is 0 Å². The highest BCUT2D eigenvalue weighted by molar-refractivity contribution is 8.00. The highest BCUT2D eigenvalue weighted by Gasteiger charge is 2.44. The van der Waals surface area contributed by atoms with E-state index in [2.05, 4.69) is 21.0 Å². The zero-order valence-electron chi connectivity index (χ0n) is 16.0. The average Bonchev–Trinajstić information content (AvgIpc) is 3.48. The molecule has 6 heteroatoms. The number of nitrogens with zero attached hydrogens (tertiary/aromatic N) is 1. The van der Waals surface area contributed by atoms with Crippen LogP contribution in [0.3, 0.4) is 0 Å². The quantitative estimate of drug-likeness (QED) is 0.478. The van der Waals surface area contributed by atoms with E-state index in [4.69, 9.17) is 5.11 Å². The molecule has 2 aliphatic rings. The van der Waals surface area contributed by atoms with Gasteiger partial charge in [0.2, 0.25) is 0 Å². The van der Waals surface area contributed by atoms with E-state index < -0.39 is 0 Å². The highest BCUT2D eigenvalue weighted by Crippen LogP contribution is 2.54. The maximum Gasteiger partial charge on any atom is 0.257 e. The number of amides is 1. The minimum atomic E-state index is -0.0810. The molecule has 0 bridgehead atoms. The summed E-state index contributed by atoms with van der Waals surface area (Å²) in [6, 6.07) is 15.5. The van der Waals surface area contributed by atoms with Crippen LogP contribution in [0.2, 0.25) is 0 Å². The Labute approximate surface area is 170 Å². The van der Waals surface area contributed by atoms with Crippen LogP contribution in [0.5, 0.6) is 0 Å². The molecule has 1 heterocycles. The predicted molar refractivity (Wildman–Crippen MR) is 117 cm³/mol. The Morgan fingerprint density at radius 2 is 1.79 bits per heavy atom. The summed E-state index contributed by atoms with van der Waals surface area (Å²) in [6.07, 6.45) is 5.15. The first-order valence-corrected chi connectivity index (χ1v) is 10.9. The van der Waals surface area contributed by atoms with Crippen LogP contribution in [-0.2, 0) is 0 Å². The van der Waals surface area contributed by atoms with Gasteiger partial charge >= 0.3 is 0 Å². The van der Waals surface area contributed by atoms with Crippen molar-refractivity contribution in [2.75, 3.05) is 40.4 Å². The van der Waals surface area contributed by atoms with Gasteiger partial charge in [-0.3, -0.25) is 4.79 Å². The lowest BCUT2D eigenvalue weighted by molar-refractivity contribution is 0.102. The number of nitrogens with one attached hydrogen (secondary N) is 2. The number of hydrogen-bond donors (Lipinski definition) is 3. The highest BCUT2D eigenvalue weighted by atomic mass is 32.2. The predicted octanol–water partition coefficient (Wildman–Crippen LogP) is 4.37. The van der Waals surface area contributed by atoms with Gasteiger partial charge in [-0.15, -0.1) is 0 Å². The Bertz CT molecular complexity index is 814. The lowest BCUT2D eigenvalue weighted by atomic mass is 9.93. The summed E-state index contributed by atoms with van der Waals surface area (Å²) in [6.45, 7) is 2.13. The molecule has 1 saturated carbocycles. The molecular weight excluding hydrogens is 370 g/mol. The van der Waals surface area contributed by atoms with Gasteiger partial charge in [0.15, 0.2) is 0 Å². The van der Waals surface area contributed by atoms with Crippen molar-refractivity contribution in [3.63, 3.8) is 0 Å². The molecule has 28 heavy (non-hydrogen) atoms. The van der Waals surface area contributed by atoms with Crippen LogP contribution in [0.25, 0.3) is 0 Å². The molecule has 2 aromatic rings. The number of hydrogen-bond acceptors (Lipinski definition) is 5. The number of benzene rings is 2. The summed E-state index contributed by atoms with van der Waals surface area (Å²) >= 11 is 1.47. The molecule has 1 saturated heterocycles. The van der Waals surface area contributed by atoms with Gasteiger partial charge in [-0.1, -0.05) is 30.1 Å². The number of anilines is 3. The summed E-state index contributed by atoms with van der Waals surface area (Å²) in [4.78, 5) is 15.3. The summed E-state index contributed by atoms with van der Waals surface area (Å²) < 4.78 is 3.27. The standard InChI is InChI=1S/C22H27N3O2S/c26-14-15-28-24-18-6-7-19(21(27)23-17-4-2-1-3-5-17)20(16-18)25-12-10-22(8-9-22)11-13-25/h1-7,16,24,26H,8-15H2,(H,23,27). The second-order valence-electron chi connectivity index (χ2n) is 7.71. The normalized spacial score (nSPS) is 17.4. The minimum Gasteiger partial charge on any atom is -0.395 e. The molecule has 1 amide bonds. The first-order valence-electron chi connectivity index (χ1n) is 9.93. The van der Waals surface area contributed by atoms with Crippen molar-refractivity contribution < 1.29 is 9.90 Å². The zero-order valence-corrected chi connectivity index (χ0v) is 16.8. The van der Waals surface area contributed by atoms with E-state index >= 15 is 0 Å². The largest absolute Gasteiger partial charge is 0.395 e. The Hall–Kier alpha value is -2.18. The topological polar surface area (TPSA) is 64.6 Å². The monoisotopic (exact) mass is 397 g/mol. The van der Waals surface area contributed by atoms with Crippen LogP contribution in [-0.4, -0.2) is 36.5 Å². The molecule has 0 atom stereocenters. The fourth-order valence-corrected chi connectivity index (χ4v) is 4.33. The molecular formula is C22H27N3O2S. The van der Waals surface area contributed by atoms with E-state index in [0.717, 1.165) is 30.2 Å². The summed E-state index contributed by atoms with van der Waals surface area (Å²) in [7, 11) is 0. The Morgan fingerprint density at radius 3 is 2.46 bits per heavy atom. The molecule has 5 nitrogen and oxygen atoms in total. The van der Waals surface area contributed by atoms with Gasteiger partial charge in [0.1, 0.15) is 0 Å². The SMILES string of the molecule is O=C(Nc1ccccc1)c1ccc(NSCCO)cc1N1CCC2(CC1)CC2. The molecule has 1 spiro atoms. The smallest absolute Gasteiger partial charge is 0.257 e. The van der Waals surface area contributed by atoms with Crippen LogP contribution in [0.4, 0.5) is 17.1 Å². The summed E-state index contributed by atoms with van der Waals surface area (Å²) in [5.74, 6) is 0.542. The van der Waals surface area contributed by atoms with Crippen LogP contribution < -0.4 is 14.9 Å². The fraction of sp³-hybridized carbons (Fsp3) is 0.409. The number of piperidine rings is 1. The second kappa shape index (κ2) is 8.45. The number of aliphatic hydroxyl groups excluding tert-OH is 1. The molecule has 1 aliphatic carbocycles. The third kappa shape index (κ3) is 4.45. The number of para-hydroxylation sites is 1. The average molecular weight is 398 g/mol. The summed E-state index contributed by atoms with van der Waals surface area (Å²) in [5, 5.41) is 12.0. The van der Waals surface area contributed by atoms with E-state index in [9.17, 15) is 4.79 Å². The zero-order chi connectivity index (χ0) is 19.4. The van der Waals surface area contributed by atoms with Gasteiger partial charge in [0.25, 0.3) is 5.91 Å². The van der Waals surface area contributed by atoms with E-state index in [-0.39, 0.29) is 12.5 Å². The van der Waals surface area contributed by atoms with Crippen molar-refractivity contribution in [2.24, 2.45) is 5.41 Å². The second-order valence-corrected chi connectivity index (χ2v) is 8.61. The van der Waals surface area contributed by atoms with Crippen molar-refractivity contribution >= 4 is 34.9 Å². The Balaban J connectivity index is 1.55. The van der Waals surface area contributed by atoms with Crippen molar-refractivity contribution in [1.29, 1.82) is 0 Å². The third-order valence-electron chi connectivity index (χ3n) is 5.78. The molecule has 0 aromatic heterocycles. The van der Waals surface area contributed by atoms with Crippen LogP contribution in [0, 0.1) is 5.41 Å². The maximum absolute atomic E-state index is 13.0. The molecule has 2 fully saturated rings. The van der Waals surface area contributed by atoms with Crippen LogP contribution in [0.15, 0.2) is 48.5 Å². The number of rotatable bonds is 7. The number of aliphatic hydroxyl groups is 1. The molecule has 0 radical (unpaired) electrons. The summed E-state index contributed by atoms with van der Waals surface area (Å²) in [5.41, 5.74) is 4.04. The Morgan fingerprint density at radius 1 is 1.04 bits per heavy atom. The van der Waals surface area contributed by atoms with Crippen molar-refractivity contribution in [3.05, 3.63) is 54.1 Å². The van der Waals surface area contributed by atoms with E-state index in [1.54, 1.807) is 0 Å². The first kappa shape index (κ1) is 19.2. The number of carbonyl (C=O) groups is 1. The lowest BCUT2D eigenvalue weighted by Gasteiger charge is -2.35. The van der Waals surface area contributed by atoms with Crippen molar-refractivity contribution in [2.45, 2.75) is 25.7 Å². The van der Waals surface area contributed by atoms with E-state index in [1.807, 2.05) is 42.5 Å². The van der Waals surface area contributed by atoms with Crippen LogP contribution in [0.1, 0.15) is 36.0 Å². The first-order chi connectivity index (χ1) is 13.7. The third-order valence-corrected chi connectivity index (χ3v) is 6.55. The maximum atomic E-state index is 13.0. The van der Waals surface area contributed by atoms with E-state index in [0.29, 0.717) is 16.7 Å². The molecule has 4 rings (SSSR count). The van der Waals surface area contributed by atoms with Gasteiger partial charge in [-0.05, 0) is 61.4 Å². The van der Waals surface area contributed by atoms with Gasteiger partial charge in [-0.25, -0.2) is 0 Å². The van der Waals surface area contributed by atoms with E-state index in [1.165, 1.54) is 37.6 Å². The minimum absolute atomic E-state index is 0.0810. The molecule has 0 unspecified atom stereocenters. The fourth-order valence-electron chi connectivity index (χ4n) is 3.85. The molecule has 2 aromatic carbocycles. The van der Waals surface area contributed by atoms with Crippen molar-refractivity contribution in [1.82, 2.24) is 0 Å². The lowest BCUT2D eigenvalue weighted by Crippen LogP contribution is -2.35. The van der Waals surface area contributed by atoms with Crippen molar-refractivity contribution in [3.8, 4) is 0 Å². The van der Waals surface area contributed by atoms with Gasteiger partial charge in [0.05, 0.1) is 17.9 Å². The molecule has 1 aliphatic heterocycles. The Kier molecular flexibility index (Phi) is 5.78. The molecule has 3 N–H and O–H groups in total. The molecule has 148 valence electrons. The van der Waals surface area contributed by atoms with Gasteiger partial charge in [0, 0.05) is 30.2 Å².